The zero-order chi connectivity index (χ0) is 22.3. The van der Waals surface area contributed by atoms with Gasteiger partial charge in [0.25, 0.3) is 0 Å². The van der Waals surface area contributed by atoms with E-state index in [0.717, 1.165) is 29.9 Å². The summed E-state index contributed by atoms with van der Waals surface area (Å²) in [6.45, 7) is 6.85. The number of aryl methyl sites for hydroxylation is 1. The largest absolute Gasteiger partial charge is 0.417 e. The van der Waals surface area contributed by atoms with E-state index in [1.807, 2.05) is 36.9 Å². The average Bonchev–Trinajstić information content (AvgIpc) is 3.09. The number of aromatic nitrogens is 3. The molecule has 2 aromatic heterocycles. The van der Waals surface area contributed by atoms with Crippen molar-refractivity contribution >= 4 is 11.7 Å². The van der Waals surface area contributed by atoms with E-state index in [9.17, 15) is 18.0 Å². The van der Waals surface area contributed by atoms with Gasteiger partial charge in [0.1, 0.15) is 5.82 Å². The lowest BCUT2D eigenvalue weighted by Crippen LogP contribution is -2.59. The van der Waals surface area contributed by atoms with Gasteiger partial charge in [0.2, 0.25) is 5.91 Å². The molecule has 168 valence electrons. The summed E-state index contributed by atoms with van der Waals surface area (Å²) < 4.78 is 40.2. The first-order valence-corrected chi connectivity index (χ1v) is 10.4. The number of piperazine rings is 1. The van der Waals surface area contributed by atoms with Gasteiger partial charge < -0.3 is 9.80 Å². The number of rotatable bonds is 3. The molecule has 4 heterocycles. The van der Waals surface area contributed by atoms with Crippen LogP contribution < -0.4 is 4.90 Å². The van der Waals surface area contributed by atoms with Gasteiger partial charge in [-0.3, -0.25) is 14.4 Å². The molecule has 4 rings (SSSR count). The Morgan fingerprint density at radius 2 is 1.90 bits per heavy atom. The Hall–Kier alpha value is -2.62. The number of hydrogen-bond acceptors (Lipinski definition) is 5. The molecule has 0 aliphatic carbocycles. The summed E-state index contributed by atoms with van der Waals surface area (Å²) in [5.74, 6) is 0.618. The molecule has 2 aliphatic rings. The SMILES string of the molecule is C[C@@H]1CN(c2ccc(C(F)(F)F)cn2)C[C@H](C)N1CC(=O)N1CCc2nn(C)cc2C1. The standard InChI is InChI=1S/C21H27F3N6O/c1-14-9-29(19-5-4-17(8-25-19)21(22,23)24)10-15(2)30(14)13-20(31)28-7-6-18-16(12-28)11-27(3)26-18/h4-5,8,11,14-15H,6-7,9-10,12-13H2,1-3H3/t14-,15+. The highest BCUT2D eigenvalue weighted by Crippen LogP contribution is 2.30. The van der Waals surface area contributed by atoms with Crippen LogP contribution in [0.25, 0.3) is 0 Å². The predicted octanol–water partition coefficient (Wildman–Crippen LogP) is 2.32. The molecule has 2 aromatic rings. The van der Waals surface area contributed by atoms with E-state index in [-0.39, 0.29) is 18.0 Å². The number of anilines is 1. The lowest BCUT2D eigenvalue weighted by atomic mass is 10.1. The van der Waals surface area contributed by atoms with Crippen LogP contribution in [0.15, 0.2) is 24.5 Å². The molecular weight excluding hydrogens is 409 g/mol. The summed E-state index contributed by atoms with van der Waals surface area (Å²) >= 11 is 0. The molecule has 2 atom stereocenters. The van der Waals surface area contributed by atoms with Crippen molar-refractivity contribution in [3.8, 4) is 0 Å². The summed E-state index contributed by atoms with van der Waals surface area (Å²) in [6.07, 6.45) is -0.782. The smallest absolute Gasteiger partial charge is 0.354 e. The molecule has 1 fully saturated rings. The second-order valence-corrected chi connectivity index (χ2v) is 8.52. The molecule has 2 aliphatic heterocycles. The first-order valence-electron chi connectivity index (χ1n) is 10.4. The van der Waals surface area contributed by atoms with Crippen molar-refractivity contribution in [3.05, 3.63) is 41.3 Å². The number of pyridine rings is 1. The second-order valence-electron chi connectivity index (χ2n) is 8.52. The average molecular weight is 436 g/mol. The van der Waals surface area contributed by atoms with Crippen LogP contribution in [0.4, 0.5) is 19.0 Å². The third-order valence-corrected chi connectivity index (χ3v) is 6.14. The quantitative estimate of drug-likeness (QED) is 0.739. The number of carbonyl (C=O) groups is 1. The molecule has 0 saturated carbocycles. The third kappa shape index (κ3) is 4.53. The van der Waals surface area contributed by atoms with Crippen LogP contribution in [0.1, 0.15) is 30.7 Å². The first-order chi connectivity index (χ1) is 14.6. The number of halogens is 3. The summed E-state index contributed by atoms with van der Waals surface area (Å²) in [5.41, 5.74) is 1.41. The van der Waals surface area contributed by atoms with E-state index in [0.29, 0.717) is 38.5 Å². The minimum Gasteiger partial charge on any atom is -0.354 e. The van der Waals surface area contributed by atoms with Crippen molar-refractivity contribution < 1.29 is 18.0 Å². The van der Waals surface area contributed by atoms with Crippen LogP contribution in [0.3, 0.4) is 0 Å². The van der Waals surface area contributed by atoms with Crippen LogP contribution in [0.2, 0.25) is 0 Å². The number of carbonyl (C=O) groups excluding carboxylic acids is 1. The number of alkyl halides is 3. The van der Waals surface area contributed by atoms with Gasteiger partial charge in [0, 0.05) is 69.7 Å². The van der Waals surface area contributed by atoms with Crippen molar-refractivity contribution in [2.75, 3.05) is 31.1 Å². The van der Waals surface area contributed by atoms with E-state index in [1.54, 1.807) is 4.68 Å². The van der Waals surface area contributed by atoms with Crippen molar-refractivity contribution in [1.29, 1.82) is 0 Å². The molecule has 0 spiro atoms. The highest BCUT2D eigenvalue weighted by atomic mass is 19.4. The number of hydrogen-bond donors (Lipinski definition) is 0. The summed E-state index contributed by atoms with van der Waals surface area (Å²) in [4.78, 5) is 23.0. The molecule has 0 N–H and O–H groups in total. The molecule has 0 unspecified atom stereocenters. The Labute approximate surface area is 179 Å². The third-order valence-electron chi connectivity index (χ3n) is 6.14. The Kier molecular flexibility index (Phi) is 5.67. The van der Waals surface area contributed by atoms with Crippen molar-refractivity contribution in [2.24, 2.45) is 7.05 Å². The fraction of sp³-hybridized carbons (Fsp3) is 0.571. The van der Waals surface area contributed by atoms with Crippen LogP contribution in [0, 0.1) is 0 Å². The second kappa shape index (κ2) is 8.14. The molecule has 0 aromatic carbocycles. The van der Waals surface area contributed by atoms with Crippen LogP contribution >= 0.6 is 0 Å². The monoisotopic (exact) mass is 436 g/mol. The highest BCUT2D eigenvalue weighted by Gasteiger charge is 2.34. The Balaban J connectivity index is 1.38. The van der Waals surface area contributed by atoms with Gasteiger partial charge in [0.15, 0.2) is 0 Å². The van der Waals surface area contributed by atoms with Gasteiger partial charge in [-0.2, -0.15) is 18.3 Å². The molecule has 1 amide bonds. The van der Waals surface area contributed by atoms with Crippen molar-refractivity contribution in [3.63, 3.8) is 0 Å². The molecule has 7 nitrogen and oxygen atoms in total. The molecule has 0 radical (unpaired) electrons. The molecule has 0 bridgehead atoms. The van der Waals surface area contributed by atoms with Crippen LogP contribution in [-0.4, -0.2) is 68.7 Å². The fourth-order valence-corrected chi connectivity index (χ4v) is 4.52. The van der Waals surface area contributed by atoms with Crippen molar-refractivity contribution in [2.45, 2.75) is 45.1 Å². The van der Waals surface area contributed by atoms with E-state index < -0.39 is 11.7 Å². The van der Waals surface area contributed by atoms with Gasteiger partial charge in [-0.15, -0.1) is 0 Å². The predicted molar refractivity (Wildman–Crippen MR) is 109 cm³/mol. The van der Waals surface area contributed by atoms with Gasteiger partial charge >= 0.3 is 6.18 Å². The lowest BCUT2D eigenvalue weighted by molar-refractivity contribution is -0.138. The van der Waals surface area contributed by atoms with Crippen LogP contribution in [0.5, 0.6) is 0 Å². The summed E-state index contributed by atoms with van der Waals surface area (Å²) in [5, 5.41) is 4.44. The Morgan fingerprint density at radius 3 is 2.52 bits per heavy atom. The maximum Gasteiger partial charge on any atom is 0.417 e. The lowest BCUT2D eigenvalue weighted by Gasteiger charge is -2.45. The van der Waals surface area contributed by atoms with Crippen molar-refractivity contribution in [1.82, 2.24) is 24.6 Å². The Morgan fingerprint density at radius 1 is 1.19 bits per heavy atom. The first kappa shape index (κ1) is 21.6. The molecule has 10 heteroatoms. The fourth-order valence-electron chi connectivity index (χ4n) is 4.52. The topological polar surface area (TPSA) is 57.5 Å². The summed E-state index contributed by atoms with van der Waals surface area (Å²) in [6, 6.07) is 2.62. The summed E-state index contributed by atoms with van der Waals surface area (Å²) in [7, 11) is 1.89. The normalized spacial score (nSPS) is 22.5. The molecule has 31 heavy (non-hydrogen) atoms. The minimum absolute atomic E-state index is 0.0653. The van der Waals surface area contributed by atoms with E-state index >= 15 is 0 Å². The van der Waals surface area contributed by atoms with E-state index in [4.69, 9.17) is 0 Å². The maximum absolute atomic E-state index is 13.0. The molecule has 1 saturated heterocycles. The van der Waals surface area contributed by atoms with E-state index in [2.05, 4.69) is 15.0 Å². The zero-order valence-corrected chi connectivity index (χ0v) is 17.9. The van der Waals surface area contributed by atoms with Gasteiger partial charge in [-0.1, -0.05) is 0 Å². The highest BCUT2D eigenvalue weighted by molar-refractivity contribution is 5.78. The Bertz CT molecular complexity index is 930. The minimum atomic E-state index is -4.39. The number of amides is 1. The number of nitrogens with zero attached hydrogens (tertiary/aromatic N) is 6. The zero-order valence-electron chi connectivity index (χ0n) is 17.9. The van der Waals surface area contributed by atoms with Gasteiger partial charge in [-0.25, -0.2) is 4.98 Å². The van der Waals surface area contributed by atoms with Crippen LogP contribution in [-0.2, 0) is 31.0 Å². The van der Waals surface area contributed by atoms with Gasteiger partial charge in [-0.05, 0) is 26.0 Å². The molecular formula is C21H27F3N6O. The number of fused-ring (bicyclic) bond motifs is 1. The van der Waals surface area contributed by atoms with Gasteiger partial charge in [0.05, 0.1) is 17.8 Å². The van der Waals surface area contributed by atoms with E-state index in [1.165, 1.54) is 6.07 Å². The maximum atomic E-state index is 13.0.